The molecule has 0 saturated heterocycles. The maximum atomic E-state index is 11.7. The van der Waals surface area contributed by atoms with Crippen molar-refractivity contribution in [3.8, 4) is 0 Å². The van der Waals surface area contributed by atoms with E-state index in [4.69, 9.17) is 16.6 Å². The lowest BCUT2D eigenvalue weighted by Crippen LogP contribution is -2.10. The highest BCUT2D eigenvalue weighted by atomic mass is 35.5. The number of benzene rings is 3. The van der Waals surface area contributed by atoms with Crippen molar-refractivity contribution >= 4 is 52.4 Å². The number of aryl methyl sites for hydroxylation is 1. The van der Waals surface area contributed by atoms with E-state index < -0.39 is 11.9 Å². The Morgan fingerprint density at radius 1 is 0.975 bits per heavy atom. The Morgan fingerprint density at radius 2 is 1.77 bits per heavy atom. The molecular weight excluding hydrogens is 538 g/mol. The molecule has 0 aliphatic carbocycles. The lowest BCUT2D eigenvalue weighted by molar-refractivity contribution is -0.138. The van der Waals surface area contributed by atoms with Crippen LogP contribution in [0.15, 0.2) is 78.9 Å². The number of aliphatic carboxylic acids is 1. The van der Waals surface area contributed by atoms with Crippen LogP contribution in [0.4, 0.5) is 0 Å². The average Bonchev–Trinajstić information content (AvgIpc) is 2.95. The van der Waals surface area contributed by atoms with E-state index in [9.17, 15) is 15.0 Å². The van der Waals surface area contributed by atoms with Crippen molar-refractivity contribution in [1.29, 1.82) is 0 Å². The Bertz CT molecular complexity index is 1470. The van der Waals surface area contributed by atoms with Gasteiger partial charge >= 0.3 is 5.97 Å². The third-order valence-corrected chi connectivity index (χ3v) is 8.73. The van der Waals surface area contributed by atoms with Crippen molar-refractivity contribution in [2.45, 2.75) is 56.8 Å². The normalized spacial score (nSPS) is 13.9. The predicted octanol–water partition coefficient (Wildman–Crippen LogP) is 8.81. The molecule has 208 valence electrons. The van der Waals surface area contributed by atoms with E-state index in [-0.39, 0.29) is 11.4 Å². The van der Waals surface area contributed by atoms with Crippen LogP contribution >= 0.6 is 23.4 Å². The molecule has 4 rings (SSSR count). The molecule has 3 aromatic carbocycles. The fraction of sp³-hybridized carbons (Fsp3) is 0.294. The summed E-state index contributed by atoms with van der Waals surface area (Å²) in [5, 5.41) is 21.3. The van der Waals surface area contributed by atoms with Gasteiger partial charge in [0.2, 0.25) is 0 Å². The maximum Gasteiger partial charge on any atom is 0.310 e. The lowest BCUT2D eigenvalue weighted by atomic mass is 9.92. The number of rotatable bonds is 13. The molecule has 3 atom stereocenters. The number of thioether (sulfide) groups is 1. The van der Waals surface area contributed by atoms with Crippen molar-refractivity contribution in [2.24, 2.45) is 0 Å². The molecular formula is C34H36ClNO3S. The van der Waals surface area contributed by atoms with Gasteiger partial charge in [-0.2, -0.15) is 11.8 Å². The molecule has 0 fully saturated rings. The second kappa shape index (κ2) is 14.5. The first-order chi connectivity index (χ1) is 19.3. The topological polar surface area (TPSA) is 70.4 Å². The SMILES string of the molecule is CC(O)CCCSC(CCc1ccccc1C(C)C(=O)O)c1cccc(/C=C/c2ccc3ccc(Cl)cc3n2)c1. The molecule has 0 bridgehead atoms. The smallest absolute Gasteiger partial charge is 0.310 e. The van der Waals surface area contributed by atoms with E-state index in [0.717, 1.165) is 64.7 Å². The third kappa shape index (κ3) is 8.44. The second-order valence-electron chi connectivity index (χ2n) is 10.2. The molecule has 40 heavy (non-hydrogen) atoms. The first kappa shape index (κ1) is 29.9. The van der Waals surface area contributed by atoms with Gasteiger partial charge in [0.1, 0.15) is 0 Å². The van der Waals surface area contributed by atoms with Gasteiger partial charge in [0.15, 0.2) is 0 Å². The fourth-order valence-corrected chi connectivity index (χ4v) is 6.21. The molecule has 0 radical (unpaired) electrons. The van der Waals surface area contributed by atoms with Crippen LogP contribution < -0.4 is 0 Å². The second-order valence-corrected chi connectivity index (χ2v) is 12.0. The zero-order valence-corrected chi connectivity index (χ0v) is 24.5. The number of hydrogen-bond acceptors (Lipinski definition) is 4. The number of nitrogens with zero attached hydrogens (tertiary/aromatic N) is 1. The lowest BCUT2D eigenvalue weighted by Gasteiger charge is -2.20. The fourth-order valence-electron chi connectivity index (χ4n) is 4.80. The third-order valence-electron chi connectivity index (χ3n) is 7.06. The van der Waals surface area contributed by atoms with Crippen molar-refractivity contribution in [2.75, 3.05) is 5.75 Å². The summed E-state index contributed by atoms with van der Waals surface area (Å²) >= 11 is 8.06. The molecule has 6 heteroatoms. The minimum atomic E-state index is -0.806. The average molecular weight is 574 g/mol. The van der Waals surface area contributed by atoms with Gasteiger partial charge in [0, 0.05) is 15.7 Å². The van der Waals surface area contributed by atoms with Crippen LogP contribution in [0.2, 0.25) is 5.02 Å². The van der Waals surface area contributed by atoms with E-state index in [1.807, 2.05) is 73.3 Å². The number of aliphatic hydroxyl groups excluding tert-OH is 1. The number of pyridine rings is 1. The van der Waals surface area contributed by atoms with Gasteiger partial charge in [-0.1, -0.05) is 78.3 Å². The molecule has 0 amide bonds. The van der Waals surface area contributed by atoms with Crippen molar-refractivity contribution in [3.63, 3.8) is 0 Å². The summed E-state index contributed by atoms with van der Waals surface area (Å²) in [5.41, 5.74) is 6.05. The highest BCUT2D eigenvalue weighted by molar-refractivity contribution is 7.99. The number of fused-ring (bicyclic) bond motifs is 1. The van der Waals surface area contributed by atoms with E-state index in [1.54, 1.807) is 6.92 Å². The van der Waals surface area contributed by atoms with Crippen LogP contribution in [-0.2, 0) is 11.2 Å². The first-order valence-electron chi connectivity index (χ1n) is 13.7. The van der Waals surface area contributed by atoms with Gasteiger partial charge in [-0.05, 0) is 91.8 Å². The number of aromatic nitrogens is 1. The molecule has 4 aromatic rings. The number of carboxylic acid groups (broad SMARTS) is 1. The summed E-state index contributed by atoms with van der Waals surface area (Å²) in [4.78, 5) is 16.4. The quantitative estimate of drug-likeness (QED) is 0.156. The Balaban J connectivity index is 1.53. The van der Waals surface area contributed by atoms with Crippen molar-refractivity contribution in [3.05, 3.63) is 112 Å². The molecule has 1 aromatic heterocycles. The summed E-state index contributed by atoms with van der Waals surface area (Å²) in [6.07, 6.45) is 7.23. The Hall–Kier alpha value is -3.12. The Morgan fingerprint density at radius 3 is 2.58 bits per heavy atom. The van der Waals surface area contributed by atoms with Crippen LogP contribution in [0.5, 0.6) is 0 Å². The number of carboxylic acids is 1. The first-order valence-corrected chi connectivity index (χ1v) is 15.2. The molecule has 0 aliphatic rings. The van der Waals surface area contributed by atoms with E-state index in [2.05, 4.69) is 36.4 Å². The molecule has 0 aliphatic heterocycles. The molecule has 2 N–H and O–H groups in total. The summed E-state index contributed by atoms with van der Waals surface area (Å²) in [6, 6.07) is 26.2. The van der Waals surface area contributed by atoms with Crippen molar-refractivity contribution < 1.29 is 15.0 Å². The number of hydrogen-bond donors (Lipinski definition) is 2. The van der Waals surface area contributed by atoms with Crippen LogP contribution in [0.3, 0.4) is 0 Å². The van der Waals surface area contributed by atoms with Gasteiger partial charge < -0.3 is 10.2 Å². The maximum absolute atomic E-state index is 11.7. The van der Waals surface area contributed by atoms with E-state index in [1.165, 1.54) is 5.56 Å². The summed E-state index contributed by atoms with van der Waals surface area (Å²) < 4.78 is 0. The van der Waals surface area contributed by atoms with Gasteiger partial charge in [-0.3, -0.25) is 4.79 Å². The summed E-state index contributed by atoms with van der Waals surface area (Å²) in [6.45, 7) is 3.58. The number of halogens is 1. The van der Waals surface area contributed by atoms with Gasteiger partial charge in [0.05, 0.1) is 23.2 Å². The van der Waals surface area contributed by atoms with Gasteiger partial charge in [-0.15, -0.1) is 0 Å². The van der Waals surface area contributed by atoms with E-state index >= 15 is 0 Å². The monoisotopic (exact) mass is 573 g/mol. The predicted molar refractivity (Wildman–Crippen MR) is 169 cm³/mol. The molecule has 0 saturated carbocycles. The van der Waals surface area contributed by atoms with Gasteiger partial charge in [-0.25, -0.2) is 4.98 Å². The highest BCUT2D eigenvalue weighted by Crippen LogP contribution is 2.36. The zero-order valence-electron chi connectivity index (χ0n) is 23.0. The van der Waals surface area contributed by atoms with Crippen LogP contribution in [-0.4, -0.2) is 33.0 Å². The molecule has 3 unspecified atom stereocenters. The minimum absolute atomic E-state index is 0.247. The van der Waals surface area contributed by atoms with Crippen LogP contribution in [0, 0.1) is 0 Å². The Labute approximate surface area is 246 Å². The largest absolute Gasteiger partial charge is 0.481 e. The van der Waals surface area contributed by atoms with Crippen LogP contribution in [0.25, 0.3) is 23.1 Å². The number of carbonyl (C=O) groups is 1. The zero-order chi connectivity index (χ0) is 28.5. The molecule has 1 heterocycles. The Kier molecular flexibility index (Phi) is 10.8. The summed E-state index contributed by atoms with van der Waals surface area (Å²) in [5.74, 6) is -0.395. The minimum Gasteiger partial charge on any atom is -0.481 e. The molecule has 4 nitrogen and oxygen atoms in total. The molecule has 0 spiro atoms. The number of aliphatic hydroxyl groups is 1. The summed E-state index contributed by atoms with van der Waals surface area (Å²) in [7, 11) is 0. The van der Waals surface area contributed by atoms with Crippen molar-refractivity contribution in [1.82, 2.24) is 4.98 Å². The van der Waals surface area contributed by atoms with Gasteiger partial charge in [0.25, 0.3) is 0 Å². The standard InChI is InChI=1S/C34H36ClNO3S/c1-23(37)7-6-20-40-33(19-15-26-9-3-4-11-31(26)24(2)34(38)39)28-10-5-8-25(21-28)12-17-30-18-14-27-13-16-29(35)22-32(27)36-30/h3-5,8-14,16-18,21-24,33,37H,6-7,15,19-20H2,1-2H3,(H,38,39)/b17-12+. The van der Waals surface area contributed by atoms with E-state index in [0.29, 0.717) is 5.02 Å². The highest BCUT2D eigenvalue weighted by Gasteiger charge is 2.19. The van der Waals surface area contributed by atoms with Crippen LogP contribution in [0.1, 0.15) is 72.2 Å².